The van der Waals surface area contributed by atoms with E-state index >= 15 is 0 Å². The van der Waals surface area contributed by atoms with Crippen LogP contribution in [-0.2, 0) is 0 Å². The number of ether oxygens (including phenoxy) is 2. The summed E-state index contributed by atoms with van der Waals surface area (Å²) in [7, 11) is 2.93. The Labute approximate surface area is 182 Å². The number of nitro groups is 2. The summed E-state index contributed by atoms with van der Waals surface area (Å²) in [5.74, 6) is 0.836. The molecule has 0 heterocycles. The summed E-state index contributed by atoms with van der Waals surface area (Å²) < 4.78 is 10.4. The Kier molecular flexibility index (Phi) is 6.86. The minimum atomic E-state index is -0.497. The molecule has 0 amide bonds. The molecule has 0 unspecified atom stereocenters. The summed E-state index contributed by atoms with van der Waals surface area (Å²) in [5, 5.41) is 22.0. The normalized spacial score (nSPS) is 11.1. The van der Waals surface area contributed by atoms with Crippen LogP contribution in [0.5, 0.6) is 11.5 Å². The summed E-state index contributed by atoms with van der Waals surface area (Å²) in [4.78, 5) is 29.6. The van der Waals surface area contributed by atoms with Gasteiger partial charge in [0.25, 0.3) is 11.4 Å². The Bertz CT molecular complexity index is 1110. The number of hydrogen-bond acceptors (Lipinski definition) is 8. The van der Waals surface area contributed by atoms with Gasteiger partial charge in [-0.3, -0.25) is 30.2 Å². The zero-order valence-corrected chi connectivity index (χ0v) is 17.2. The van der Waals surface area contributed by atoms with Gasteiger partial charge in [0.05, 0.1) is 24.1 Å². The van der Waals surface area contributed by atoms with Crippen LogP contribution in [0.2, 0.25) is 0 Å². The molecule has 0 atom stereocenters. The third-order valence-electron chi connectivity index (χ3n) is 4.39. The highest BCUT2D eigenvalue weighted by Gasteiger charge is 2.11. The van der Waals surface area contributed by atoms with E-state index < -0.39 is 9.85 Å². The summed E-state index contributed by atoms with van der Waals surface area (Å²) in [5.41, 5.74) is 2.02. The Hall–Kier alpha value is -4.60. The van der Waals surface area contributed by atoms with E-state index in [1.807, 2.05) is 0 Å². The molecule has 0 aliphatic heterocycles. The van der Waals surface area contributed by atoms with Crippen LogP contribution in [0.4, 0.5) is 22.7 Å². The SMILES string of the molecule is COc1ccc([N+](=O)[O-])cc1N=Cc1ccc(C=Nc2cc([N+](=O)[O-])ccc2OC)cc1. The van der Waals surface area contributed by atoms with Crippen molar-refractivity contribution in [3.63, 3.8) is 0 Å². The highest BCUT2D eigenvalue weighted by atomic mass is 16.6. The molecule has 0 spiro atoms. The quantitative estimate of drug-likeness (QED) is 0.278. The lowest BCUT2D eigenvalue weighted by Crippen LogP contribution is -1.90. The van der Waals surface area contributed by atoms with E-state index in [4.69, 9.17) is 9.47 Å². The third kappa shape index (κ3) is 5.30. The minimum absolute atomic E-state index is 0.0823. The second-order valence-electron chi connectivity index (χ2n) is 6.41. The molecular formula is C22H18N4O6. The summed E-state index contributed by atoms with van der Waals surface area (Å²) in [6, 6.07) is 15.5. The van der Waals surface area contributed by atoms with Crippen LogP contribution in [0.1, 0.15) is 11.1 Å². The molecular weight excluding hydrogens is 416 g/mol. The van der Waals surface area contributed by atoms with Gasteiger partial charge in [-0.1, -0.05) is 24.3 Å². The van der Waals surface area contributed by atoms with Crippen molar-refractivity contribution in [2.45, 2.75) is 0 Å². The molecule has 3 rings (SSSR count). The van der Waals surface area contributed by atoms with E-state index in [1.165, 1.54) is 50.6 Å². The maximum Gasteiger partial charge on any atom is 0.271 e. The van der Waals surface area contributed by atoms with Crippen LogP contribution in [0.25, 0.3) is 0 Å². The second-order valence-corrected chi connectivity index (χ2v) is 6.41. The van der Waals surface area contributed by atoms with Crippen molar-refractivity contribution in [3.8, 4) is 11.5 Å². The molecule has 3 aromatic carbocycles. The Balaban J connectivity index is 1.79. The molecule has 0 aromatic heterocycles. The van der Waals surface area contributed by atoms with Gasteiger partial charge < -0.3 is 9.47 Å². The molecule has 0 saturated heterocycles. The Morgan fingerprint density at radius 3 is 1.38 bits per heavy atom. The number of nitrogens with zero attached hydrogens (tertiary/aromatic N) is 4. The largest absolute Gasteiger partial charge is 0.494 e. The fraction of sp³-hybridized carbons (Fsp3) is 0.0909. The first-order chi connectivity index (χ1) is 15.4. The highest BCUT2D eigenvalue weighted by Crippen LogP contribution is 2.32. The van der Waals surface area contributed by atoms with Crippen LogP contribution >= 0.6 is 0 Å². The molecule has 0 aliphatic carbocycles. The van der Waals surface area contributed by atoms with E-state index in [-0.39, 0.29) is 11.4 Å². The van der Waals surface area contributed by atoms with Gasteiger partial charge in [-0.25, -0.2) is 0 Å². The molecule has 0 aliphatic rings. The van der Waals surface area contributed by atoms with Crippen molar-refractivity contribution in [1.29, 1.82) is 0 Å². The number of aliphatic imine (C=N–C) groups is 2. The first-order valence-electron chi connectivity index (χ1n) is 9.24. The molecule has 3 aromatic rings. The van der Waals surface area contributed by atoms with Crippen LogP contribution in [-0.4, -0.2) is 36.5 Å². The Morgan fingerprint density at radius 1 is 0.688 bits per heavy atom. The van der Waals surface area contributed by atoms with Crippen molar-refractivity contribution in [1.82, 2.24) is 0 Å². The van der Waals surface area contributed by atoms with Crippen LogP contribution in [0.15, 0.2) is 70.6 Å². The molecule has 0 N–H and O–H groups in total. The smallest absolute Gasteiger partial charge is 0.271 e. The molecule has 0 bridgehead atoms. The predicted molar refractivity (Wildman–Crippen MR) is 120 cm³/mol. The minimum Gasteiger partial charge on any atom is -0.494 e. The summed E-state index contributed by atoms with van der Waals surface area (Å²) in [6.07, 6.45) is 3.12. The lowest BCUT2D eigenvalue weighted by Gasteiger charge is -2.04. The van der Waals surface area contributed by atoms with Gasteiger partial charge in [0.2, 0.25) is 0 Å². The Morgan fingerprint density at radius 2 is 1.06 bits per heavy atom. The first kappa shape index (κ1) is 22.1. The van der Waals surface area contributed by atoms with E-state index in [0.717, 1.165) is 11.1 Å². The molecule has 0 fully saturated rings. The fourth-order valence-corrected chi connectivity index (χ4v) is 2.74. The van der Waals surface area contributed by atoms with Gasteiger partial charge in [-0.2, -0.15) is 0 Å². The van der Waals surface area contributed by atoms with Gasteiger partial charge in [0.1, 0.15) is 22.9 Å². The fourth-order valence-electron chi connectivity index (χ4n) is 2.74. The molecule has 10 nitrogen and oxygen atoms in total. The lowest BCUT2D eigenvalue weighted by atomic mass is 10.1. The molecule has 0 radical (unpaired) electrons. The maximum atomic E-state index is 11.0. The van der Waals surface area contributed by atoms with Crippen molar-refractivity contribution in [2.24, 2.45) is 9.98 Å². The second kappa shape index (κ2) is 9.94. The van der Waals surface area contributed by atoms with Gasteiger partial charge in [0.15, 0.2) is 0 Å². The topological polar surface area (TPSA) is 129 Å². The van der Waals surface area contributed by atoms with E-state index in [1.54, 1.807) is 36.7 Å². The van der Waals surface area contributed by atoms with E-state index in [9.17, 15) is 20.2 Å². The van der Waals surface area contributed by atoms with E-state index in [2.05, 4.69) is 9.98 Å². The maximum absolute atomic E-state index is 11.0. The third-order valence-corrected chi connectivity index (χ3v) is 4.39. The number of benzene rings is 3. The summed E-state index contributed by atoms with van der Waals surface area (Å²) in [6.45, 7) is 0. The van der Waals surface area contributed by atoms with Crippen molar-refractivity contribution in [2.75, 3.05) is 14.2 Å². The van der Waals surface area contributed by atoms with Crippen molar-refractivity contribution >= 4 is 35.2 Å². The van der Waals surface area contributed by atoms with Crippen LogP contribution in [0, 0.1) is 20.2 Å². The van der Waals surface area contributed by atoms with Crippen LogP contribution < -0.4 is 9.47 Å². The van der Waals surface area contributed by atoms with E-state index in [0.29, 0.717) is 22.9 Å². The monoisotopic (exact) mass is 434 g/mol. The lowest BCUT2D eigenvalue weighted by molar-refractivity contribution is -0.385. The number of methoxy groups -OCH3 is 2. The summed E-state index contributed by atoms with van der Waals surface area (Å²) >= 11 is 0. The predicted octanol–water partition coefficient (Wildman–Crippen LogP) is 5.02. The number of nitro benzene ring substituents is 2. The van der Waals surface area contributed by atoms with Crippen molar-refractivity contribution < 1.29 is 19.3 Å². The average molecular weight is 434 g/mol. The highest BCUT2D eigenvalue weighted by molar-refractivity contribution is 5.87. The standard InChI is InChI=1S/C22H18N4O6/c1-31-21-9-7-17(25(27)28)11-19(21)23-13-15-3-5-16(6-4-15)14-24-20-12-18(26(29)30)8-10-22(20)32-2/h3-14H,1-2H3. The van der Waals surface area contributed by atoms with Gasteiger partial charge >= 0.3 is 0 Å². The average Bonchev–Trinajstić information content (AvgIpc) is 2.81. The zero-order valence-electron chi connectivity index (χ0n) is 17.2. The van der Waals surface area contributed by atoms with Gasteiger partial charge in [0, 0.05) is 36.7 Å². The van der Waals surface area contributed by atoms with Crippen LogP contribution in [0.3, 0.4) is 0 Å². The molecule has 0 saturated carbocycles. The zero-order chi connectivity index (χ0) is 23.1. The van der Waals surface area contributed by atoms with Crippen molar-refractivity contribution in [3.05, 3.63) is 92.0 Å². The number of non-ortho nitro benzene ring substituents is 2. The van der Waals surface area contributed by atoms with Gasteiger partial charge in [-0.05, 0) is 23.3 Å². The first-order valence-corrected chi connectivity index (χ1v) is 9.24. The molecule has 162 valence electrons. The number of hydrogen-bond donors (Lipinski definition) is 0. The molecule has 10 heteroatoms. The molecule has 32 heavy (non-hydrogen) atoms. The van der Waals surface area contributed by atoms with Gasteiger partial charge in [-0.15, -0.1) is 0 Å². The number of rotatable bonds is 8.